The molecule has 0 spiro atoms. The molecule has 0 atom stereocenters. The number of carbonyl (C=O) groups excluding carboxylic acids is 1. The van der Waals surface area contributed by atoms with E-state index in [1.165, 1.54) is 11.3 Å². The Morgan fingerprint density at radius 1 is 1.26 bits per heavy atom. The molecule has 1 amide bonds. The van der Waals surface area contributed by atoms with Crippen LogP contribution in [0.1, 0.15) is 12.0 Å². The highest BCUT2D eigenvalue weighted by Gasteiger charge is 2.20. The van der Waals surface area contributed by atoms with Gasteiger partial charge >= 0.3 is 0 Å². The maximum atomic E-state index is 11.9. The molecule has 1 aromatic carbocycles. The number of hydrogen-bond donors (Lipinski definition) is 1. The van der Waals surface area contributed by atoms with Gasteiger partial charge in [0.15, 0.2) is 0 Å². The lowest BCUT2D eigenvalue weighted by Crippen LogP contribution is -2.49. The van der Waals surface area contributed by atoms with Gasteiger partial charge in [-0.3, -0.25) is 4.79 Å². The SMILES string of the molecule is CNCCC(=O)N1CCN(c2cccc(C)c2)CC1. The number of rotatable bonds is 4. The summed E-state index contributed by atoms with van der Waals surface area (Å²) in [6.07, 6.45) is 0.598. The summed E-state index contributed by atoms with van der Waals surface area (Å²) in [5, 5.41) is 3.02. The first kappa shape index (κ1) is 13.9. The van der Waals surface area contributed by atoms with E-state index in [9.17, 15) is 4.79 Å². The summed E-state index contributed by atoms with van der Waals surface area (Å²) in [4.78, 5) is 16.3. The van der Waals surface area contributed by atoms with E-state index in [1.54, 1.807) is 0 Å². The van der Waals surface area contributed by atoms with Crippen LogP contribution in [0.5, 0.6) is 0 Å². The Kier molecular flexibility index (Phi) is 4.80. The van der Waals surface area contributed by atoms with E-state index >= 15 is 0 Å². The third-order valence-corrected chi connectivity index (χ3v) is 3.59. The average molecular weight is 261 g/mol. The molecule has 1 N–H and O–H groups in total. The molecule has 2 rings (SSSR count). The van der Waals surface area contributed by atoms with Crippen LogP contribution in [-0.2, 0) is 4.79 Å². The lowest BCUT2D eigenvalue weighted by atomic mass is 10.2. The Balaban J connectivity index is 1.87. The molecule has 1 aliphatic rings. The van der Waals surface area contributed by atoms with Crippen molar-refractivity contribution < 1.29 is 4.79 Å². The third-order valence-electron chi connectivity index (χ3n) is 3.59. The molecule has 0 radical (unpaired) electrons. The standard InChI is InChI=1S/C15H23N3O/c1-13-4-3-5-14(12-13)17-8-10-18(11-9-17)15(19)6-7-16-2/h3-5,12,16H,6-11H2,1-2H3. The second-order valence-corrected chi connectivity index (χ2v) is 5.06. The fourth-order valence-electron chi connectivity index (χ4n) is 2.43. The predicted molar refractivity (Wildman–Crippen MR) is 78.5 cm³/mol. The number of carbonyl (C=O) groups is 1. The quantitative estimate of drug-likeness (QED) is 0.886. The van der Waals surface area contributed by atoms with Crippen molar-refractivity contribution in [2.24, 2.45) is 0 Å². The van der Waals surface area contributed by atoms with Crippen molar-refractivity contribution in [2.75, 3.05) is 44.7 Å². The lowest BCUT2D eigenvalue weighted by Gasteiger charge is -2.36. The minimum atomic E-state index is 0.262. The number of nitrogens with zero attached hydrogens (tertiary/aromatic N) is 2. The summed E-state index contributed by atoms with van der Waals surface area (Å²) in [6.45, 7) is 6.38. The molecule has 1 heterocycles. The molecule has 19 heavy (non-hydrogen) atoms. The molecule has 0 saturated carbocycles. The highest BCUT2D eigenvalue weighted by atomic mass is 16.2. The molecule has 104 valence electrons. The molecule has 1 aromatic rings. The molecule has 0 aliphatic carbocycles. The first-order chi connectivity index (χ1) is 9.20. The predicted octanol–water partition coefficient (Wildman–Crippen LogP) is 1.25. The molecule has 1 fully saturated rings. The molecule has 4 nitrogen and oxygen atoms in total. The van der Waals surface area contributed by atoms with Gasteiger partial charge in [-0.05, 0) is 31.7 Å². The van der Waals surface area contributed by atoms with Gasteiger partial charge in [0.25, 0.3) is 0 Å². The van der Waals surface area contributed by atoms with Crippen LogP contribution in [0, 0.1) is 6.92 Å². The summed E-state index contributed by atoms with van der Waals surface area (Å²) in [7, 11) is 1.88. The van der Waals surface area contributed by atoms with Crippen molar-refractivity contribution in [3.8, 4) is 0 Å². The zero-order valence-electron chi connectivity index (χ0n) is 11.9. The van der Waals surface area contributed by atoms with Gasteiger partial charge < -0.3 is 15.1 Å². The number of benzene rings is 1. The zero-order chi connectivity index (χ0) is 13.7. The van der Waals surface area contributed by atoms with Gasteiger partial charge in [-0.2, -0.15) is 0 Å². The maximum Gasteiger partial charge on any atom is 0.223 e. The first-order valence-corrected chi connectivity index (χ1v) is 6.94. The second kappa shape index (κ2) is 6.57. The van der Waals surface area contributed by atoms with Crippen LogP contribution in [0.25, 0.3) is 0 Å². The smallest absolute Gasteiger partial charge is 0.223 e. The average Bonchev–Trinajstić information content (AvgIpc) is 2.45. The van der Waals surface area contributed by atoms with E-state index in [2.05, 4.69) is 41.4 Å². The van der Waals surface area contributed by atoms with Crippen molar-refractivity contribution in [1.82, 2.24) is 10.2 Å². The minimum Gasteiger partial charge on any atom is -0.368 e. The van der Waals surface area contributed by atoms with Gasteiger partial charge in [-0.15, -0.1) is 0 Å². The van der Waals surface area contributed by atoms with Crippen LogP contribution < -0.4 is 10.2 Å². The van der Waals surface area contributed by atoms with E-state index in [-0.39, 0.29) is 5.91 Å². The second-order valence-electron chi connectivity index (χ2n) is 5.06. The van der Waals surface area contributed by atoms with E-state index in [4.69, 9.17) is 0 Å². The van der Waals surface area contributed by atoms with Crippen molar-refractivity contribution in [2.45, 2.75) is 13.3 Å². The number of amides is 1. The number of anilines is 1. The summed E-state index contributed by atoms with van der Waals surface area (Å²) in [5.41, 5.74) is 2.55. The van der Waals surface area contributed by atoms with Crippen molar-refractivity contribution in [3.63, 3.8) is 0 Å². The van der Waals surface area contributed by atoms with Crippen molar-refractivity contribution in [1.29, 1.82) is 0 Å². The Hall–Kier alpha value is -1.55. The Labute approximate surface area is 115 Å². The van der Waals surface area contributed by atoms with Gasteiger partial charge in [-0.25, -0.2) is 0 Å². The fraction of sp³-hybridized carbons (Fsp3) is 0.533. The molecule has 1 aliphatic heterocycles. The van der Waals surface area contributed by atoms with Crippen molar-refractivity contribution in [3.05, 3.63) is 29.8 Å². The van der Waals surface area contributed by atoms with Gasteiger partial charge in [0, 0.05) is 44.8 Å². The lowest BCUT2D eigenvalue weighted by molar-refractivity contribution is -0.131. The molecular formula is C15H23N3O. The number of nitrogens with one attached hydrogen (secondary N) is 1. The summed E-state index contributed by atoms with van der Waals surface area (Å²) in [6, 6.07) is 8.56. The summed E-state index contributed by atoms with van der Waals surface area (Å²) in [5.74, 6) is 0.262. The van der Waals surface area contributed by atoms with Crippen LogP contribution in [0.2, 0.25) is 0 Å². The highest BCUT2D eigenvalue weighted by molar-refractivity contribution is 5.76. The minimum absolute atomic E-state index is 0.262. The van der Waals surface area contributed by atoms with Gasteiger partial charge in [0.2, 0.25) is 5.91 Å². The Morgan fingerprint density at radius 3 is 2.63 bits per heavy atom. The highest BCUT2D eigenvalue weighted by Crippen LogP contribution is 2.17. The van der Waals surface area contributed by atoms with Crippen LogP contribution in [-0.4, -0.2) is 50.6 Å². The van der Waals surface area contributed by atoms with E-state index in [0.717, 1.165) is 32.7 Å². The van der Waals surface area contributed by atoms with Gasteiger partial charge in [-0.1, -0.05) is 12.1 Å². The van der Waals surface area contributed by atoms with Crippen molar-refractivity contribution >= 4 is 11.6 Å². The van der Waals surface area contributed by atoms with Gasteiger partial charge in [0.1, 0.15) is 0 Å². The molecule has 0 bridgehead atoms. The van der Waals surface area contributed by atoms with Crippen LogP contribution in [0.4, 0.5) is 5.69 Å². The van der Waals surface area contributed by atoms with Crippen LogP contribution >= 0.6 is 0 Å². The molecular weight excluding hydrogens is 238 g/mol. The summed E-state index contributed by atoms with van der Waals surface area (Å²) >= 11 is 0. The third kappa shape index (κ3) is 3.70. The number of piperazine rings is 1. The van der Waals surface area contributed by atoms with Gasteiger partial charge in [0.05, 0.1) is 0 Å². The van der Waals surface area contributed by atoms with Crippen LogP contribution in [0.15, 0.2) is 24.3 Å². The van der Waals surface area contributed by atoms with E-state index < -0.39 is 0 Å². The maximum absolute atomic E-state index is 11.9. The number of aryl methyl sites for hydroxylation is 1. The molecule has 0 unspecified atom stereocenters. The zero-order valence-corrected chi connectivity index (χ0v) is 11.9. The monoisotopic (exact) mass is 261 g/mol. The largest absolute Gasteiger partial charge is 0.368 e. The molecule has 4 heteroatoms. The molecule has 0 aromatic heterocycles. The summed E-state index contributed by atoms with van der Waals surface area (Å²) < 4.78 is 0. The normalized spacial score (nSPS) is 15.7. The fourth-order valence-corrected chi connectivity index (χ4v) is 2.43. The topological polar surface area (TPSA) is 35.6 Å². The Morgan fingerprint density at radius 2 is 2.00 bits per heavy atom. The first-order valence-electron chi connectivity index (χ1n) is 6.94. The van der Waals surface area contributed by atoms with E-state index in [0.29, 0.717) is 6.42 Å². The van der Waals surface area contributed by atoms with E-state index in [1.807, 2.05) is 11.9 Å². The molecule has 1 saturated heterocycles. The Bertz CT molecular complexity index is 425. The number of hydrogen-bond acceptors (Lipinski definition) is 3. The van der Waals surface area contributed by atoms with Crippen LogP contribution in [0.3, 0.4) is 0 Å².